The van der Waals surface area contributed by atoms with Crippen molar-refractivity contribution in [3.8, 4) is 0 Å². The average molecular weight is 306 g/mol. The van der Waals surface area contributed by atoms with Gasteiger partial charge in [-0.1, -0.05) is 12.5 Å². The first-order valence-electron chi connectivity index (χ1n) is 6.81. The fourth-order valence-electron chi connectivity index (χ4n) is 2.42. The van der Waals surface area contributed by atoms with E-state index in [1.54, 1.807) is 23.9 Å². The van der Waals surface area contributed by atoms with E-state index in [1.165, 1.54) is 12.3 Å². The highest BCUT2D eigenvalue weighted by molar-refractivity contribution is 7.99. The number of amides is 1. The standard InChI is InChI=1S/C15H18N2O3S/c1-21-13-4-2-3-11(13)17-15(20)12-7-5-10(9-16-12)6-8-14(18)19/h5-9,11,13H,2-4H2,1H3,(H,17,20)(H,18,19)/b8-6+. The average Bonchev–Trinajstić information content (AvgIpc) is 2.92. The maximum atomic E-state index is 12.1. The van der Waals surface area contributed by atoms with Gasteiger partial charge in [-0.25, -0.2) is 4.79 Å². The zero-order valence-electron chi connectivity index (χ0n) is 11.8. The van der Waals surface area contributed by atoms with Gasteiger partial charge in [-0.05, 0) is 36.8 Å². The van der Waals surface area contributed by atoms with Crippen molar-refractivity contribution >= 4 is 29.7 Å². The monoisotopic (exact) mass is 306 g/mol. The molecule has 1 aliphatic rings. The summed E-state index contributed by atoms with van der Waals surface area (Å²) < 4.78 is 0. The van der Waals surface area contributed by atoms with Crippen LogP contribution in [0, 0.1) is 0 Å². The number of carbonyl (C=O) groups excluding carboxylic acids is 1. The lowest BCUT2D eigenvalue weighted by atomic mass is 10.2. The molecule has 0 aromatic carbocycles. The van der Waals surface area contributed by atoms with Gasteiger partial charge < -0.3 is 10.4 Å². The number of aliphatic carboxylic acids is 1. The lowest BCUT2D eigenvalue weighted by Gasteiger charge is -2.18. The Kier molecular flexibility index (Phi) is 5.38. The maximum Gasteiger partial charge on any atom is 0.328 e. The Bertz CT molecular complexity index is 542. The van der Waals surface area contributed by atoms with Crippen molar-refractivity contribution in [1.82, 2.24) is 10.3 Å². The first-order valence-corrected chi connectivity index (χ1v) is 8.09. The molecule has 0 bridgehead atoms. The molecule has 2 N–H and O–H groups in total. The minimum Gasteiger partial charge on any atom is -0.478 e. The third-order valence-electron chi connectivity index (χ3n) is 3.51. The van der Waals surface area contributed by atoms with Crippen LogP contribution in [0.1, 0.15) is 35.3 Å². The molecule has 0 aliphatic heterocycles. The van der Waals surface area contributed by atoms with Crippen molar-refractivity contribution < 1.29 is 14.7 Å². The number of hydrogen-bond donors (Lipinski definition) is 2. The van der Waals surface area contributed by atoms with Gasteiger partial charge in [0.05, 0.1) is 0 Å². The number of pyridine rings is 1. The molecule has 6 heteroatoms. The van der Waals surface area contributed by atoms with Crippen LogP contribution in [0.3, 0.4) is 0 Å². The van der Waals surface area contributed by atoms with Crippen LogP contribution in [-0.2, 0) is 4.79 Å². The van der Waals surface area contributed by atoms with E-state index in [0.717, 1.165) is 25.3 Å². The number of thioether (sulfide) groups is 1. The Labute approximate surface area is 127 Å². The molecule has 0 spiro atoms. The normalized spacial score (nSPS) is 21.6. The summed E-state index contributed by atoms with van der Waals surface area (Å²) in [5.74, 6) is -1.18. The van der Waals surface area contributed by atoms with E-state index >= 15 is 0 Å². The van der Waals surface area contributed by atoms with Gasteiger partial charge in [0.1, 0.15) is 5.69 Å². The summed E-state index contributed by atoms with van der Waals surface area (Å²) in [6.07, 6.45) is 9.33. The molecule has 0 radical (unpaired) electrons. The van der Waals surface area contributed by atoms with Gasteiger partial charge in [0.25, 0.3) is 5.91 Å². The van der Waals surface area contributed by atoms with Gasteiger partial charge in [-0.2, -0.15) is 11.8 Å². The number of aromatic nitrogens is 1. The predicted molar refractivity (Wildman–Crippen MR) is 83.3 cm³/mol. The van der Waals surface area contributed by atoms with Crippen LogP contribution < -0.4 is 5.32 Å². The topological polar surface area (TPSA) is 79.3 Å². The van der Waals surface area contributed by atoms with E-state index in [9.17, 15) is 9.59 Å². The molecule has 1 aromatic heterocycles. The highest BCUT2D eigenvalue weighted by Gasteiger charge is 2.28. The molecule has 5 nitrogen and oxygen atoms in total. The largest absolute Gasteiger partial charge is 0.478 e. The summed E-state index contributed by atoms with van der Waals surface area (Å²) in [5.41, 5.74) is 1.01. The molecule has 112 valence electrons. The molecule has 21 heavy (non-hydrogen) atoms. The third kappa shape index (κ3) is 4.32. The molecule has 0 saturated heterocycles. The lowest BCUT2D eigenvalue weighted by molar-refractivity contribution is -0.131. The van der Waals surface area contributed by atoms with Gasteiger partial charge in [0, 0.05) is 23.6 Å². The number of carboxylic acids is 1. The van der Waals surface area contributed by atoms with Crippen molar-refractivity contribution in [3.05, 3.63) is 35.7 Å². The smallest absolute Gasteiger partial charge is 0.328 e. The van der Waals surface area contributed by atoms with Crippen molar-refractivity contribution in [1.29, 1.82) is 0 Å². The van der Waals surface area contributed by atoms with Gasteiger partial charge in [-0.3, -0.25) is 9.78 Å². The zero-order valence-corrected chi connectivity index (χ0v) is 12.6. The Morgan fingerprint density at radius 3 is 2.86 bits per heavy atom. The number of nitrogens with zero attached hydrogens (tertiary/aromatic N) is 1. The second kappa shape index (κ2) is 7.26. The number of carbonyl (C=O) groups is 2. The van der Waals surface area contributed by atoms with Crippen molar-refractivity contribution in [3.63, 3.8) is 0 Å². The van der Waals surface area contributed by atoms with E-state index in [-0.39, 0.29) is 11.9 Å². The molecule has 2 rings (SSSR count). The Morgan fingerprint density at radius 2 is 2.24 bits per heavy atom. The molecule has 1 amide bonds. The van der Waals surface area contributed by atoms with Crippen molar-refractivity contribution in [2.24, 2.45) is 0 Å². The van der Waals surface area contributed by atoms with Gasteiger partial charge in [0.2, 0.25) is 0 Å². The van der Waals surface area contributed by atoms with E-state index < -0.39 is 5.97 Å². The second-order valence-corrected chi connectivity index (χ2v) is 6.01. The second-order valence-electron chi connectivity index (χ2n) is 4.93. The minimum absolute atomic E-state index is 0.172. The molecule has 1 fully saturated rings. The Morgan fingerprint density at radius 1 is 1.43 bits per heavy atom. The van der Waals surface area contributed by atoms with E-state index in [0.29, 0.717) is 16.5 Å². The third-order valence-corrected chi connectivity index (χ3v) is 4.68. The van der Waals surface area contributed by atoms with Crippen LogP contribution >= 0.6 is 11.8 Å². The first-order chi connectivity index (χ1) is 10.1. The summed E-state index contributed by atoms with van der Waals surface area (Å²) >= 11 is 1.79. The number of rotatable bonds is 5. The highest BCUT2D eigenvalue weighted by atomic mass is 32.2. The molecule has 2 atom stereocenters. The van der Waals surface area contributed by atoms with Crippen LogP contribution in [0.2, 0.25) is 0 Å². The van der Waals surface area contributed by atoms with Crippen molar-refractivity contribution in [2.75, 3.05) is 6.26 Å². The summed E-state index contributed by atoms with van der Waals surface area (Å²) in [6.45, 7) is 0. The molecule has 2 unspecified atom stereocenters. The fourth-order valence-corrected chi connectivity index (χ4v) is 3.36. The fraction of sp³-hybridized carbons (Fsp3) is 0.400. The maximum absolute atomic E-state index is 12.1. The Balaban J connectivity index is 1.98. The van der Waals surface area contributed by atoms with E-state index in [4.69, 9.17) is 5.11 Å². The van der Waals surface area contributed by atoms with Crippen LogP contribution in [0.25, 0.3) is 6.08 Å². The quantitative estimate of drug-likeness (QED) is 0.815. The molecule has 1 aromatic rings. The summed E-state index contributed by atoms with van der Waals surface area (Å²) in [5, 5.41) is 12.1. The lowest BCUT2D eigenvalue weighted by Crippen LogP contribution is -2.38. The van der Waals surface area contributed by atoms with Gasteiger partial charge in [-0.15, -0.1) is 0 Å². The molecular weight excluding hydrogens is 288 g/mol. The van der Waals surface area contributed by atoms with E-state index in [1.807, 2.05) is 0 Å². The number of hydrogen-bond acceptors (Lipinski definition) is 4. The number of carboxylic acid groups (broad SMARTS) is 1. The van der Waals surface area contributed by atoms with Crippen LogP contribution in [0.15, 0.2) is 24.4 Å². The van der Waals surface area contributed by atoms with Gasteiger partial charge in [0.15, 0.2) is 0 Å². The highest BCUT2D eigenvalue weighted by Crippen LogP contribution is 2.28. The summed E-state index contributed by atoms with van der Waals surface area (Å²) in [4.78, 5) is 26.7. The van der Waals surface area contributed by atoms with Crippen LogP contribution in [0.4, 0.5) is 0 Å². The molecule has 1 saturated carbocycles. The summed E-state index contributed by atoms with van der Waals surface area (Å²) in [6, 6.07) is 3.50. The summed E-state index contributed by atoms with van der Waals surface area (Å²) in [7, 11) is 0. The first kappa shape index (κ1) is 15.6. The Hall–Kier alpha value is -1.82. The number of nitrogens with one attached hydrogen (secondary N) is 1. The molecule has 1 aliphatic carbocycles. The minimum atomic E-state index is -1.01. The molecular formula is C15H18N2O3S. The van der Waals surface area contributed by atoms with Crippen LogP contribution in [0.5, 0.6) is 0 Å². The SMILES string of the molecule is CSC1CCCC1NC(=O)c1ccc(/C=C/C(=O)O)cn1. The van der Waals surface area contributed by atoms with Crippen molar-refractivity contribution in [2.45, 2.75) is 30.6 Å². The molecule has 1 heterocycles. The predicted octanol–water partition coefficient (Wildman–Crippen LogP) is 2.19. The van der Waals surface area contributed by atoms with Crippen LogP contribution in [-0.4, -0.2) is 39.5 Å². The zero-order chi connectivity index (χ0) is 15.2. The van der Waals surface area contributed by atoms with Gasteiger partial charge >= 0.3 is 5.97 Å². The van der Waals surface area contributed by atoms with E-state index in [2.05, 4.69) is 16.6 Å².